The van der Waals surface area contributed by atoms with Crippen LogP contribution in [0.25, 0.3) is 0 Å². The molecule has 0 unspecified atom stereocenters. The van der Waals surface area contributed by atoms with Crippen LogP contribution in [0, 0.1) is 6.92 Å². The van der Waals surface area contributed by atoms with Gasteiger partial charge in [0.25, 0.3) is 0 Å². The van der Waals surface area contributed by atoms with Crippen LogP contribution in [-0.2, 0) is 20.0 Å². The van der Waals surface area contributed by atoms with Crippen molar-refractivity contribution in [3.8, 4) is 0 Å². The number of unbranched alkanes of at least 4 members (excludes halogenated alkanes) is 1. The van der Waals surface area contributed by atoms with Crippen LogP contribution in [0.2, 0.25) is 0 Å². The number of nitrogens with zero attached hydrogens (tertiary/aromatic N) is 1. The van der Waals surface area contributed by atoms with Gasteiger partial charge in [0, 0.05) is 13.1 Å². The van der Waals surface area contributed by atoms with E-state index in [-0.39, 0.29) is 18.8 Å². The third-order valence-corrected chi connectivity index (χ3v) is 5.76. The molecule has 0 atom stereocenters. The van der Waals surface area contributed by atoms with E-state index in [2.05, 4.69) is 4.72 Å². The van der Waals surface area contributed by atoms with Crippen molar-refractivity contribution in [2.24, 2.45) is 0 Å². The molecule has 0 aliphatic rings. The highest BCUT2D eigenvalue weighted by Crippen LogP contribution is 2.18. The van der Waals surface area contributed by atoms with E-state index in [9.17, 15) is 16.8 Å². The minimum Gasteiger partial charge on any atom is -0.269 e. The van der Waals surface area contributed by atoms with Crippen molar-refractivity contribution >= 4 is 25.7 Å². The van der Waals surface area contributed by atoms with Gasteiger partial charge in [-0.05, 0) is 31.0 Å². The van der Waals surface area contributed by atoms with Gasteiger partial charge in [-0.3, -0.25) is 4.31 Å². The monoisotopic (exact) mass is 348 g/mol. The predicted octanol–water partition coefficient (Wildman–Crippen LogP) is 1.48. The molecule has 0 saturated heterocycles. The second kappa shape index (κ2) is 7.94. The van der Waals surface area contributed by atoms with Crippen molar-refractivity contribution in [2.45, 2.75) is 26.7 Å². The van der Waals surface area contributed by atoms with Gasteiger partial charge in [0.05, 0.1) is 17.7 Å². The van der Waals surface area contributed by atoms with E-state index >= 15 is 0 Å². The highest BCUT2D eigenvalue weighted by atomic mass is 32.2. The summed E-state index contributed by atoms with van der Waals surface area (Å²) in [6.07, 6.45) is 2.49. The summed E-state index contributed by atoms with van der Waals surface area (Å²) in [6, 6.07) is 7.10. The molecule has 6 nitrogen and oxygen atoms in total. The highest BCUT2D eigenvalue weighted by molar-refractivity contribution is 7.92. The fraction of sp³-hybridized carbons (Fsp3) is 0.571. The Kier molecular flexibility index (Phi) is 6.83. The van der Waals surface area contributed by atoms with E-state index in [1.165, 1.54) is 4.31 Å². The number of aryl methyl sites for hydroxylation is 1. The van der Waals surface area contributed by atoms with E-state index in [1.807, 2.05) is 19.9 Å². The molecule has 0 bridgehead atoms. The molecule has 8 heteroatoms. The molecule has 1 rings (SSSR count). The molecule has 1 aromatic carbocycles. The summed E-state index contributed by atoms with van der Waals surface area (Å²) in [6.45, 7) is 3.90. The quantitative estimate of drug-likeness (QED) is 0.733. The summed E-state index contributed by atoms with van der Waals surface area (Å²) >= 11 is 0. The first-order valence-electron chi connectivity index (χ1n) is 7.17. The Morgan fingerprint density at radius 3 is 2.41 bits per heavy atom. The van der Waals surface area contributed by atoms with E-state index in [0.717, 1.165) is 18.2 Å². The van der Waals surface area contributed by atoms with Gasteiger partial charge in [-0.2, -0.15) is 0 Å². The van der Waals surface area contributed by atoms with Crippen molar-refractivity contribution in [1.82, 2.24) is 4.72 Å². The first kappa shape index (κ1) is 18.9. The molecule has 0 spiro atoms. The fourth-order valence-electron chi connectivity index (χ4n) is 1.98. The minimum atomic E-state index is -3.47. The molecule has 0 saturated carbocycles. The Labute approximate surface area is 133 Å². The molecule has 0 heterocycles. The number of hydrogen-bond acceptors (Lipinski definition) is 4. The van der Waals surface area contributed by atoms with Crippen molar-refractivity contribution in [2.75, 3.05) is 29.4 Å². The van der Waals surface area contributed by atoms with Crippen LogP contribution in [0.4, 0.5) is 5.69 Å². The topological polar surface area (TPSA) is 83.6 Å². The lowest BCUT2D eigenvalue weighted by molar-refractivity contribution is 0.575. The molecule has 0 amide bonds. The molecule has 0 fully saturated rings. The lowest BCUT2D eigenvalue weighted by Crippen LogP contribution is -2.38. The Hall–Kier alpha value is -1.12. The maximum atomic E-state index is 11.9. The van der Waals surface area contributed by atoms with Gasteiger partial charge >= 0.3 is 0 Å². The van der Waals surface area contributed by atoms with Gasteiger partial charge < -0.3 is 0 Å². The largest absolute Gasteiger partial charge is 0.269 e. The number of hydrogen-bond donors (Lipinski definition) is 1. The van der Waals surface area contributed by atoms with Crippen LogP contribution >= 0.6 is 0 Å². The summed E-state index contributed by atoms with van der Waals surface area (Å²) in [7, 11) is -6.82. The molecular weight excluding hydrogens is 324 g/mol. The lowest BCUT2D eigenvalue weighted by atomic mass is 10.2. The summed E-state index contributed by atoms with van der Waals surface area (Å²) in [5.41, 5.74) is 1.48. The zero-order valence-corrected chi connectivity index (χ0v) is 14.9. The third kappa shape index (κ3) is 6.33. The Morgan fingerprint density at radius 2 is 1.86 bits per heavy atom. The summed E-state index contributed by atoms with van der Waals surface area (Å²) in [5, 5.41) is 0. The lowest BCUT2D eigenvalue weighted by Gasteiger charge is -2.23. The average molecular weight is 348 g/mol. The van der Waals surface area contributed by atoms with Crippen molar-refractivity contribution in [3.05, 3.63) is 29.8 Å². The van der Waals surface area contributed by atoms with E-state index in [0.29, 0.717) is 12.1 Å². The van der Waals surface area contributed by atoms with Gasteiger partial charge in [-0.25, -0.2) is 21.6 Å². The van der Waals surface area contributed by atoms with Crippen LogP contribution < -0.4 is 9.03 Å². The SMILES string of the molecule is CCCCS(=O)(=O)NCCN(c1cccc(C)c1)S(C)(=O)=O. The van der Waals surface area contributed by atoms with Crippen molar-refractivity contribution < 1.29 is 16.8 Å². The Morgan fingerprint density at radius 1 is 1.18 bits per heavy atom. The number of nitrogens with one attached hydrogen (secondary N) is 1. The predicted molar refractivity (Wildman–Crippen MR) is 90.1 cm³/mol. The zero-order valence-electron chi connectivity index (χ0n) is 13.2. The summed E-state index contributed by atoms with van der Waals surface area (Å²) < 4.78 is 51.0. The summed E-state index contributed by atoms with van der Waals surface area (Å²) in [4.78, 5) is 0. The van der Waals surface area contributed by atoms with Crippen LogP contribution in [0.15, 0.2) is 24.3 Å². The third-order valence-electron chi connectivity index (χ3n) is 3.09. The van der Waals surface area contributed by atoms with Crippen LogP contribution in [-0.4, -0.2) is 41.9 Å². The van der Waals surface area contributed by atoms with E-state index < -0.39 is 20.0 Å². The van der Waals surface area contributed by atoms with Gasteiger partial charge in [0.15, 0.2) is 0 Å². The van der Waals surface area contributed by atoms with E-state index in [1.54, 1.807) is 18.2 Å². The van der Waals surface area contributed by atoms with Crippen molar-refractivity contribution in [1.29, 1.82) is 0 Å². The number of sulfonamides is 2. The molecule has 22 heavy (non-hydrogen) atoms. The smallest absolute Gasteiger partial charge is 0.232 e. The van der Waals surface area contributed by atoms with Gasteiger partial charge in [-0.15, -0.1) is 0 Å². The number of rotatable bonds is 9. The molecule has 1 aromatic rings. The summed E-state index contributed by atoms with van der Waals surface area (Å²) in [5.74, 6) is 0.0623. The van der Waals surface area contributed by atoms with Crippen LogP contribution in [0.1, 0.15) is 25.3 Å². The first-order valence-corrected chi connectivity index (χ1v) is 10.7. The molecule has 0 aromatic heterocycles. The number of benzene rings is 1. The maximum absolute atomic E-state index is 11.9. The molecular formula is C14H24N2O4S2. The standard InChI is InChI=1S/C14H24N2O4S2/c1-4-5-11-22(19,20)15-9-10-16(21(3,17)18)14-8-6-7-13(2)12-14/h6-8,12,15H,4-5,9-11H2,1-3H3. The van der Waals surface area contributed by atoms with Gasteiger partial charge in [0.2, 0.25) is 20.0 Å². The fourth-order valence-corrected chi connectivity index (χ4v) is 4.11. The minimum absolute atomic E-state index is 0.0487. The van der Waals surface area contributed by atoms with Crippen LogP contribution in [0.3, 0.4) is 0 Å². The Bertz CT molecular complexity index is 685. The zero-order chi connectivity index (χ0) is 16.8. The molecule has 0 aliphatic heterocycles. The maximum Gasteiger partial charge on any atom is 0.232 e. The molecule has 1 N–H and O–H groups in total. The van der Waals surface area contributed by atoms with Crippen molar-refractivity contribution in [3.63, 3.8) is 0 Å². The molecule has 0 aliphatic carbocycles. The highest BCUT2D eigenvalue weighted by Gasteiger charge is 2.18. The molecule has 0 radical (unpaired) electrons. The second-order valence-electron chi connectivity index (χ2n) is 5.24. The van der Waals surface area contributed by atoms with Gasteiger partial charge in [-0.1, -0.05) is 25.5 Å². The average Bonchev–Trinajstić information content (AvgIpc) is 2.40. The normalized spacial score (nSPS) is 12.3. The molecule has 126 valence electrons. The number of anilines is 1. The first-order chi connectivity index (χ1) is 10.2. The second-order valence-corrected chi connectivity index (χ2v) is 9.07. The Balaban J connectivity index is 2.77. The van der Waals surface area contributed by atoms with Gasteiger partial charge in [0.1, 0.15) is 0 Å². The van der Waals surface area contributed by atoms with Crippen LogP contribution in [0.5, 0.6) is 0 Å². The van der Waals surface area contributed by atoms with E-state index in [4.69, 9.17) is 0 Å².